The van der Waals surface area contributed by atoms with Crippen molar-refractivity contribution in [3.8, 4) is 11.3 Å². The van der Waals surface area contributed by atoms with E-state index < -0.39 is 27.7 Å². The first kappa shape index (κ1) is 23.8. The number of rotatable bonds is 8. The van der Waals surface area contributed by atoms with Crippen LogP contribution in [0.15, 0.2) is 36.4 Å². The van der Waals surface area contributed by atoms with Gasteiger partial charge in [-0.15, -0.1) is 0 Å². The highest BCUT2D eigenvalue weighted by Gasteiger charge is 2.35. The third-order valence-electron chi connectivity index (χ3n) is 6.83. The van der Waals surface area contributed by atoms with Gasteiger partial charge in [-0.3, -0.25) is 4.79 Å². The molecule has 1 aliphatic carbocycles. The van der Waals surface area contributed by atoms with E-state index in [1.54, 1.807) is 12.1 Å². The molecule has 35 heavy (non-hydrogen) atoms. The average molecular weight is 507 g/mol. The number of hydrogen-bond donors (Lipinski definition) is 4. The van der Waals surface area contributed by atoms with Crippen molar-refractivity contribution in [2.45, 2.75) is 25.2 Å². The molecule has 186 valence electrons. The first-order valence-corrected chi connectivity index (χ1v) is 12.9. The zero-order valence-corrected chi connectivity index (χ0v) is 19.5. The van der Waals surface area contributed by atoms with E-state index in [1.165, 1.54) is 18.2 Å². The Morgan fingerprint density at radius 1 is 0.943 bits per heavy atom. The summed E-state index contributed by atoms with van der Waals surface area (Å²) in [6, 6.07) is 7.90. The smallest absolute Gasteiger partial charge is 0.276 e. The molecule has 0 radical (unpaired) electrons. The molecule has 2 fully saturated rings. The van der Waals surface area contributed by atoms with Crippen LogP contribution in [0, 0.1) is 29.3 Å². The topological polar surface area (TPSA) is 103 Å². The molecular formula is C24H25F3N4O3S. The Morgan fingerprint density at radius 3 is 2.29 bits per heavy atom. The number of nitrogens with one attached hydrogen (secondary N) is 4. The number of H-pyrrole nitrogens is 1. The van der Waals surface area contributed by atoms with Crippen LogP contribution in [0.2, 0.25) is 0 Å². The van der Waals surface area contributed by atoms with Gasteiger partial charge in [0, 0.05) is 37.5 Å². The van der Waals surface area contributed by atoms with Gasteiger partial charge in [0.1, 0.15) is 17.5 Å². The summed E-state index contributed by atoms with van der Waals surface area (Å²) in [5, 5.41) is 3.11. The maximum absolute atomic E-state index is 14.5. The van der Waals surface area contributed by atoms with Crippen molar-refractivity contribution in [1.29, 1.82) is 0 Å². The predicted octanol–water partition coefficient (Wildman–Crippen LogP) is 3.31. The first-order chi connectivity index (χ1) is 16.7. The molecule has 1 aromatic heterocycles. The number of carbonyl (C=O) groups excluding carboxylic acids is 1. The maximum Gasteiger partial charge on any atom is 0.276 e. The van der Waals surface area contributed by atoms with Crippen LogP contribution in [0.1, 0.15) is 30.7 Å². The number of amides is 1. The van der Waals surface area contributed by atoms with Crippen LogP contribution in [0.25, 0.3) is 22.2 Å². The Kier molecular flexibility index (Phi) is 6.32. The Bertz CT molecular complexity index is 1370. The lowest BCUT2D eigenvalue weighted by Gasteiger charge is -2.36. The number of hydrogen-bond acceptors (Lipinski definition) is 3. The molecule has 1 unspecified atom stereocenters. The second-order valence-electron chi connectivity index (χ2n) is 9.34. The fourth-order valence-electron chi connectivity index (χ4n) is 4.96. The predicted molar refractivity (Wildman–Crippen MR) is 125 cm³/mol. The normalized spacial score (nSPS) is 22.4. The van der Waals surface area contributed by atoms with Crippen LogP contribution in [0.5, 0.6) is 0 Å². The molecule has 1 aliphatic heterocycles. The van der Waals surface area contributed by atoms with Gasteiger partial charge in [0.2, 0.25) is 5.91 Å². The molecule has 7 nitrogen and oxygen atoms in total. The van der Waals surface area contributed by atoms with E-state index in [4.69, 9.17) is 0 Å². The lowest BCUT2D eigenvalue weighted by molar-refractivity contribution is -0.119. The standard InChI is InChI=1S/C24H25F3N4O3S/c25-17-3-1-15(2-4-17)23-22(19-8-18(26)9-20(27)24(19)31-23)16-5-13(6-16)11-29-35(33,34)30-12-14-7-21(32)28-10-14/h1-4,8-9,13-14,16,29-31H,5-7,10-12H2,(H,28,32). The van der Waals surface area contributed by atoms with Gasteiger partial charge in [0.05, 0.1) is 11.2 Å². The molecule has 5 rings (SSSR count). The Morgan fingerprint density at radius 2 is 1.63 bits per heavy atom. The number of aromatic nitrogens is 1. The van der Waals surface area contributed by atoms with Crippen LogP contribution in [-0.4, -0.2) is 38.9 Å². The van der Waals surface area contributed by atoms with E-state index >= 15 is 0 Å². The summed E-state index contributed by atoms with van der Waals surface area (Å²) in [5.41, 5.74) is 2.20. The molecule has 2 aliphatic rings. The van der Waals surface area contributed by atoms with Crippen LogP contribution in [0.4, 0.5) is 13.2 Å². The molecule has 1 amide bonds. The van der Waals surface area contributed by atoms with Gasteiger partial charge in [-0.2, -0.15) is 8.42 Å². The van der Waals surface area contributed by atoms with E-state index in [2.05, 4.69) is 19.7 Å². The van der Waals surface area contributed by atoms with E-state index in [9.17, 15) is 26.4 Å². The molecule has 1 atom stereocenters. The monoisotopic (exact) mass is 506 g/mol. The first-order valence-electron chi connectivity index (χ1n) is 11.5. The highest BCUT2D eigenvalue weighted by atomic mass is 32.2. The van der Waals surface area contributed by atoms with Crippen molar-refractivity contribution in [2.75, 3.05) is 19.6 Å². The molecular weight excluding hydrogens is 481 g/mol. The zero-order chi connectivity index (χ0) is 24.7. The van der Waals surface area contributed by atoms with Gasteiger partial charge in [-0.05, 0) is 72.1 Å². The SMILES string of the molecule is O=C1CC(CNS(=O)(=O)NCC2CC(c3c(-c4ccc(F)cc4)[nH]c4c(F)cc(F)cc34)C2)CN1. The number of aromatic amines is 1. The summed E-state index contributed by atoms with van der Waals surface area (Å²) in [6.07, 6.45) is 1.56. The van der Waals surface area contributed by atoms with Crippen molar-refractivity contribution < 1.29 is 26.4 Å². The summed E-state index contributed by atoms with van der Waals surface area (Å²) >= 11 is 0. The summed E-state index contributed by atoms with van der Waals surface area (Å²) in [5.74, 6) is -1.93. The molecule has 1 saturated carbocycles. The Labute approximate surface area is 200 Å². The minimum Gasteiger partial charge on any atom is -0.356 e. The van der Waals surface area contributed by atoms with Gasteiger partial charge in [-0.1, -0.05) is 0 Å². The second kappa shape index (κ2) is 9.29. The molecule has 11 heteroatoms. The van der Waals surface area contributed by atoms with E-state index in [1.807, 2.05) is 0 Å². The average Bonchev–Trinajstić information content (AvgIpc) is 3.36. The maximum atomic E-state index is 14.5. The number of fused-ring (bicyclic) bond motifs is 1. The van der Waals surface area contributed by atoms with Crippen LogP contribution in [0.3, 0.4) is 0 Å². The zero-order valence-electron chi connectivity index (χ0n) is 18.7. The highest BCUT2D eigenvalue weighted by molar-refractivity contribution is 7.87. The van der Waals surface area contributed by atoms with E-state index in [0.29, 0.717) is 42.5 Å². The minimum absolute atomic E-state index is 0.0389. The molecule has 3 aromatic rings. The van der Waals surface area contributed by atoms with Gasteiger partial charge in [-0.25, -0.2) is 22.6 Å². The molecule has 4 N–H and O–H groups in total. The second-order valence-corrected chi connectivity index (χ2v) is 10.9. The van der Waals surface area contributed by atoms with Gasteiger partial charge < -0.3 is 10.3 Å². The Balaban J connectivity index is 1.28. The fraction of sp³-hybridized carbons (Fsp3) is 0.375. The van der Waals surface area contributed by atoms with E-state index in [0.717, 1.165) is 11.6 Å². The van der Waals surface area contributed by atoms with E-state index in [-0.39, 0.29) is 42.3 Å². The lowest BCUT2D eigenvalue weighted by Crippen LogP contribution is -2.43. The van der Waals surface area contributed by atoms with Gasteiger partial charge >= 0.3 is 0 Å². The summed E-state index contributed by atoms with van der Waals surface area (Å²) in [4.78, 5) is 14.3. The summed E-state index contributed by atoms with van der Waals surface area (Å²) in [7, 11) is -3.71. The third-order valence-corrected chi connectivity index (χ3v) is 7.92. The highest BCUT2D eigenvalue weighted by Crippen LogP contribution is 2.48. The van der Waals surface area contributed by atoms with Crippen molar-refractivity contribution in [3.05, 3.63) is 59.4 Å². The fourth-order valence-corrected chi connectivity index (χ4v) is 5.97. The minimum atomic E-state index is -3.71. The summed E-state index contributed by atoms with van der Waals surface area (Å²) in [6.45, 7) is 0.855. The molecule has 2 aromatic carbocycles. The van der Waals surface area contributed by atoms with Crippen molar-refractivity contribution in [1.82, 2.24) is 19.7 Å². The quantitative estimate of drug-likeness (QED) is 0.377. The molecule has 0 bridgehead atoms. The van der Waals surface area contributed by atoms with Crippen molar-refractivity contribution >= 4 is 27.0 Å². The number of benzene rings is 2. The number of carbonyl (C=O) groups is 1. The molecule has 2 heterocycles. The number of halogens is 3. The lowest BCUT2D eigenvalue weighted by atomic mass is 9.70. The molecule has 1 saturated heterocycles. The van der Waals surface area contributed by atoms with Crippen molar-refractivity contribution in [3.63, 3.8) is 0 Å². The van der Waals surface area contributed by atoms with Gasteiger partial charge in [0.25, 0.3) is 10.2 Å². The molecule has 0 spiro atoms. The Hall–Kier alpha value is -2.89. The summed E-state index contributed by atoms with van der Waals surface area (Å²) < 4.78 is 71.6. The van der Waals surface area contributed by atoms with Crippen LogP contribution in [-0.2, 0) is 15.0 Å². The largest absolute Gasteiger partial charge is 0.356 e. The van der Waals surface area contributed by atoms with Crippen LogP contribution < -0.4 is 14.8 Å². The van der Waals surface area contributed by atoms with Gasteiger partial charge in [0.15, 0.2) is 0 Å². The van der Waals surface area contributed by atoms with Crippen molar-refractivity contribution in [2.24, 2.45) is 11.8 Å². The van der Waals surface area contributed by atoms with Crippen LogP contribution >= 0.6 is 0 Å². The third kappa shape index (κ3) is 5.07.